The van der Waals surface area contributed by atoms with E-state index in [0.29, 0.717) is 28.8 Å². The number of aromatic amines is 1. The number of ether oxygens (including phenoxy) is 1. The van der Waals surface area contributed by atoms with E-state index >= 15 is 0 Å². The van der Waals surface area contributed by atoms with E-state index in [1.54, 1.807) is 25.1 Å². The molecule has 0 unspecified atom stereocenters. The van der Waals surface area contributed by atoms with Gasteiger partial charge in [0, 0.05) is 30.8 Å². The van der Waals surface area contributed by atoms with Gasteiger partial charge in [0.2, 0.25) is 10.0 Å². The Morgan fingerprint density at radius 1 is 1.18 bits per heavy atom. The molecular weight excluding hydrogens is 460 g/mol. The van der Waals surface area contributed by atoms with Gasteiger partial charge in [0.05, 0.1) is 17.8 Å². The summed E-state index contributed by atoms with van der Waals surface area (Å²) >= 11 is 0.983. The molecule has 33 heavy (non-hydrogen) atoms. The number of H-pyrrole nitrogens is 1. The van der Waals surface area contributed by atoms with Crippen molar-refractivity contribution in [2.24, 2.45) is 0 Å². The molecule has 2 aromatic heterocycles. The lowest BCUT2D eigenvalue weighted by molar-refractivity contribution is 0.0925. The highest BCUT2D eigenvalue weighted by atomic mass is 32.2. The van der Waals surface area contributed by atoms with Crippen LogP contribution < -0.4 is 5.56 Å². The number of nitrogens with one attached hydrogen (secondary N) is 1. The average Bonchev–Trinajstić information content (AvgIpc) is 3.45. The van der Waals surface area contributed by atoms with Crippen LogP contribution in [0.2, 0.25) is 0 Å². The van der Waals surface area contributed by atoms with Crippen LogP contribution in [0.1, 0.15) is 29.5 Å². The van der Waals surface area contributed by atoms with Crippen LogP contribution in [0.4, 0.5) is 0 Å². The Morgan fingerprint density at radius 2 is 2.03 bits per heavy atom. The van der Waals surface area contributed by atoms with E-state index in [1.807, 2.05) is 25.1 Å². The fourth-order valence-corrected chi connectivity index (χ4v) is 6.72. The van der Waals surface area contributed by atoms with Gasteiger partial charge in [-0.3, -0.25) is 4.79 Å². The van der Waals surface area contributed by atoms with Crippen LogP contribution in [-0.2, 0) is 21.3 Å². The number of aryl methyl sites for hydroxylation is 2. The van der Waals surface area contributed by atoms with Gasteiger partial charge in [-0.15, -0.1) is 0 Å². The van der Waals surface area contributed by atoms with Crippen LogP contribution in [0.15, 0.2) is 46.1 Å². The smallest absolute Gasteiger partial charge is 0.252 e. The summed E-state index contributed by atoms with van der Waals surface area (Å²) in [7, 11) is -3.99. The van der Waals surface area contributed by atoms with Crippen molar-refractivity contribution < 1.29 is 13.2 Å². The van der Waals surface area contributed by atoms with E-state index in [1.165, 1.54) is 4.31 Å². The Bertz CT molecular complexity index is 1500. The molecule has 2 aromatic carbocycles. The monoisotopic (exact) mass is 484 g/mol. The van der Waals surface area contributed by atoms with Crippen molar-refractivity contribution in [3.05, 3.63) is 63.4 Å². The molecule has 1 fully saturated rings. The Kier molecular flexibility index (Phi) is 5.77. The maximum absolute atomic E-state index is 14.0. The molecule has 172 valence electrons. The topological polar surface area (TPSA) is 105 Å². The lowest BCUT2D eigenvalue weighted by Crippen LogP contribution is -2.38. The molecule has 10 heteroatoms. The van der Waals surface area contributed by atoms with Crippen molar-refractivity contribution in [3.63, 3.8) is 0 Å². The molecule has 1 aliphatic rings. The second-order valence-corrected chi connectivity index (χ2v) is 10.9. The van der Waals surface area contributed by atoms with Crippen LogP contribution in [0.3, 0.4) is 0 Å². The first kappa shape index (κ1) is 22.1. The van der Waals surface area contributed by atoms with E-state index in [4.69, 9.17) is 4.74 Å². The Balaban J connectivity index is 1.61. The molecule has 3 heterocycles. The first-order chi connectivity index (χ1) is 15.8. The average molecular weight is 485 g/mol. The van der Waals surface area contributed by atoms with Crippen LogP contribution in [0.5, 0.6) is 0 Å². The molecule has 1 atom stereocenters. The highest BCUT2D eigenvalue weighted by molar-refractivity contribution is 7.89. The summed E-state index contributed by atoms with van der Waals surface area (Å²) in [5, 5.41) is 0.862. The second kappa shape index (κ2) is 8.60. The molecule has 5 rings (SSSR count). The third kappa shape index (κ3) is 4.19. The van der Waals surface area contributed by atoms with E-state index in [0.717, 1.165) is 41.0 Å². The summed E-state index contributed by atoms with van der Waals surface area (Å²) in [4.78, 5) is 15.9. The number of rotatable bonds is 6. The van der Waals surface area contributed by atoms with E-state index < -0.39 is 10.0 Å². The first-order valence-corrected chi connectivity index (χ1v) is 13.0. The highest BCUT2D eigenvalue weighted by Gasteiger charge is 2.33. The standard InChI is InChI=1S/C23H24N4O4S2/c1-14-5-7-19-16(10-14)11-17(23(28)24-19)12-27(13-18-4-3-9-31-18)33(29,30)22-15(2)6-8-20-21(22)26-32-25-20/h5-8,10-11,18H,3-4,9,12-13H2,1-2H3,(H,24,28)/t18-/m1/s1. The maximum atomic E-state index is 14.0. The second-order valence-electron chi connectivity index (χ2n) is 8.49. The van der Waals surface area contributed by atoms with Gasteiger partial charge >= 0.3 is 0 Å². The van der Waals surface area contributed by atoms with E-state index in [9.17, 15) is 13.2 Å². The number of hydrogen-bond acceptors (Lipinski definition) is 7. The lowest BCUT2D eigenvalue weighted by atomic mass is 10.1. The Morgan fingerprint density at radius 3 is 2.82 bits per heavy atom. The quantitative estimate of drug-likeness (QED) is 0.449. The molecule has 8 nitrogen and oxygen atoms in total. The van der Waals surface area contributed by atoms with Gasteiger partial charge in [0.25, 0.3) is 5.56 Å². The zero-order valence-electron chi connectivity index (χ0n) is 18.4. The molecule has 1 N–H and O–H groups in total. The molecule has 0 bridgehead atoms. The highest BCUT2D eigenvalue weighted by Crippen LogP contribution is 2.30. The minimum atomic E-state index is -3.99. The van der Waals surface area contributed by atoms with Gasteiger partial charge in [-0.1, -0.05) is 17.7 Å². The Hall–Kier alpha value is -2.66. The molecule has 0 spiro atoms. The number of fused-ring (bicyclic) bond motifs is 2. The normalized spacial score (nSPS) is 16.9. The largest absolute Gasteiger partial charge is 0.377 e. The number of pyridine rings is 1. The lowest BCUT2D eigenvalue weighted by Gasteiger charge is -2.25. The predicted molar refractivity (Wildman–Crippen MR) is 128 cm³/mol. The summed E-state index contributed by atoms with van der Waals surface area (Å²) < 4.78 is 43.5. The zero-order chi connectivity index (χ0) is 23.2. The summed E-state index contributed by atoms with van der Waals surface area (Å²) in [5.74, 6) is 0. The minimum absolute atomic E-state index is 0.0607. The fourth-order valence-electron chi connectivity index (χ4n) is 4.33. The zero-order valence-corrected chi connectivity index (χ0v) is 20.0. The number of sulfonamides is 1. The van der Waals surface area contributed by atoms with Gasteiger partial charge in [-0.05, 0) is 61.9 Å². The summed E-state index contributed by atoms with van der Waals surface area (Å²) in [6.45, 7) is 4.44. The number of nitrogens with zero attached hydrogens (tertiary/aromatic N) is 3. The van der Waals surface area contributed by atoms with Crippen molar-refractivity contribution in [3.8, 4) is 0 Å². The van der Waals surface area contributed by atoms with Crippen LogP contribution >= 0.6 is 11.7 Å². The summed E-state index contributed by atoms with van der Waals surface area (Å²) in [5.41, 5.74) is 3.36. The van der Waals surface area contributed by atoms with Gasteiger partial charge in [0.1, 0.15) is 15.9 Å². The van der Waals surface area contributed by atoms with Crippen LogP contribution in [0.25, 0.3) is 21.9 Å². The molecule has 0 aliphatic carbocycles. The Labute approximate surface area is 195 Å². The predicted octanol–water partition coefficient (Wildman–Crippen LogP) is 3.52. The first-order valence-electron chi connectivity index (χ1n) is 10.8. The van der Waals surface area contributed by atoms with Gasteiger partial charge < -0.3 is 9.72 Å². The fraction of sp³-hybridized carbons (Fsp3) is 0.348. The summed E-state index contributed by atoms with van der Waals surface area (Å²) in [6.07, 6.45) is 1.45. The van der Waals surface area contributed by atoms with E-state index in [-0.39, 0.29) is 29.6 Å². The van der Waals surface area contributed by atoms with E-state index in [2.05, 4.69) is 13.7 Å². The minimum Gasteiger partial charge on any atom is -0.377 e. The third-order valence-corrected chi connectivity index (χ3v) is 8.56. The van der Waals surface area contributed by atoms with Crippen LogP contribution in [0, 0.1) is 13.8 Å². The SMILES string of the molecule is Cc1ccc2[nH]c(=O)c(CN(C[C@H]3CCCO3)S(=O)(=O)c3c(C)ccc4nsnc34)cc2c1. The van der Waals surface area contributed by atoms with Crippen molar-refractivity contribution in [2.45, 2.75) is 44.2 Å². The van der Waals surface area contributed by atoms with Crippen molar-refractivity contribution >= 4 is 43.7 Å². The van der Waals surface area contributed by atoms with Gasteiger partial charge in [-0.25, -0.2) is 8.42 Å². The molecule has 4 aromatic rings. The maximum Gasteiger partial charge on any atom is 0.252 e. The number of aromatic nitrogens is 3. The number of benzene rings is 2. The van der Waals surface area contributed by atoms with Crippen molar-refractivity contribution in [2.75, 3.05) is 13.2 Å². The van der Waals surface area contributed by atoms with Gasteiger partial charge in [-0.2, -0.15) is 13.1 Å². The molecular formula is C23H24N4O4S2. The van der Waals surface area contributed by atoms with Gasteiger partial charge in [0.15, 0.2) is 0 Å². The van der Waals surface area contributed by atoms with Crippen molar-refractivity contribution in [1.29, 1.82) is 0 Å². The van der Waals surface area contributed by atoms with Crippen LogP contribution in [-0.4, -0.2) is 45.7 Å². The third-order valence-electron chi connectivity index (χ3n) is 6.03. The number of hydrogen-bond donors (Lipinski definition) is 1. The molecule has 1 saturated heterocycles. The molecule has 0 saturated carbocycles. The van der Waals surface area contributed by atoms with Crippen molar-refractivity contribution in [1.82, 2.24) is 18.0 Å². The molecule has 0 radical (unpaired) electrons. The molecule has 1 aliphatic heterocycles. The summed E-state index contributed by atoms with van der Waals surface area (Å²) in [6, 6.07) is 11.0. The molecule has 0 amide bonds.